The minimum atomic E-state index is -0.350. The second kappa shape index (κ2) is 5.69. The lowest BCUT2D eigenvalue weighted by Gasteiger charge is -2.14. The zero-order valence-electron chi connectivity index (χ0n) is 7.13. The first-order valence-electron chi connectivity index (χ1n) is 3.98. The van der Waals surface area contributed by atoms with Crippen LogP contribution in [0.5, 0.6) is 0 Å². The quantitative estimate of drug-likeness (QED) is 0.597. The summed E-state index contributed by atoms with van der Waals surface area (Å²) < 4.78 is 5.29. The summed E-state index contributed by atoms with van der Waals surface area (Å²) in [5, 5.41) is 9.00. The molecule has 10 heavy (non-hydrogen) atoms. The van der Waals surface area contributed by atoms with Gasteiger partial charge in [-0.3, -0.25) is 0 Å². The van der Waals surface area contributed by atoms with E-state index in [0.717, 1.165) is 19.4 Å². The van der Waals surface area contributed by atoms with Crippen molar-refractivity contribution in [1.82, 2.24) is 0 Å². The van der Waals surface area contributed by atoms with Crippen LogP contribution in [0.25, 0.3) is 0 Å². The Balaban J connectivity index is 3.13. The number of hydrogen-bond acceptors (Lipinski definition) is 2. The van der Waals surface area contributed by atoms with Crippen molar-refractivity contribution in [2.75, 3.05) is 6.61 Å². The third-order valence-electron chi connectivity index (χ3n) is 1.56. The second-order valence-electron chi connectivity index (χ2n) is 2.67. The van der Waals surface area contributed by atoms with E-state index in [-0.39, 0.29) is 12.2 Å². The number of aliphatic hydroxyl groups is 1. The van der Waals surface area contributed by atoms with Crippen LogP contribution < -0.4 is 0 Å². The minimum Gasteiger partial charge on any atom is -0.391 e. The summed E-state index contributed by atoms with van der Waals surface area (Å²) in [5.74, 6) is 0. The van der Waals surface area contributed by atoms with Gasteiger partial charge in [-0.15, -0.1) is 0 Å². The molecule has 62 valence electrons. The Labute approximate surface area is 63.2 Å². The van der Waals surface area contributed by atoms with Crippen molar-refractivity contribution < 1.29 is 9.84 Å². The van der Waals surface area contributed by atoms with E-state index < -0.39 is 0 Å². The highest BCUT2D eigenvalue weighted by Crippen LogP contribution is 1.99. The standard InChI is InChI=1S/C8H18O2/c1-4-5-6-10-8(3)7(2)9/h7-9H,4-6H2,1-3H3/t7-,8?/m1/s1. The van der Waals surface area contributed by atoms with Gasteiger partial charge in [0.1, 0.15) is 0 Å². The molecule has 0 rings (SSSR count). The molecular weight excluding hydrogens is 128 g/mol. The average molecular weight is 146 g/mol. The van der Waals surface area contributed by atoms with Gasteiger partial charge in [0.05, 0.1) is 12.2 Å². The molecule has 0 spiro atoms. The van der Waals surface area contributed by atoms with Crippen molar-refractivity contribution in [3.8, 4) is 0 Å². The van der Waals surface area contributed by atoms with E-state index in [0.29, 0.717) is 0 Å². The van der Waals surface area contributed by atoms with Crippen LogP contribution in [0, 0.1) is 0 Å². The van der Waals surface area contributed by atoms with Crippen LogP contribution in [0.2, 0.25) is 0 Å². The summed E-state index contributed by atoms with van der Waals surface area (Å²) in [6, 6.07) is 0. The van der Waals surface area contributed by atoms with E-state index in [1.165, 1.54) is 0 Å². The summed E-state index contributed by atoms with van der Waals surface area (Å²) in [6.07, 6.45) is 1.85. The molecule has 0 aromatic carbocycles. The molecule has 0 aliphatic rings. The van der Waals surface area contributed by atoms with E-state index in [1.807, 2.05) is 6.92 Å². The van der Waals surface area contributed by atoms with E-state index in [4.69, 9.17) is 9.84 Å². The van der Waals surface area contributed by atoms with E-state index in [9.17, 15) is 0 Å². The number of ether oxygens (including phenoxy) is 1. The van der Waals surface area contributed by atoms with Gasteiger partial charge in [-0.2, -0.15) is 0 Å². The summed E-state index contributed by atoms with van der Waals surface area (Å²) in [4.78, 5) is 0. The lowest BCUT2D eigenvalue weighted by molar-refractivity contribution is -0.0190. The van der Waals surface area contributed by atoms with E-state index in [1.54, 1.807) is 6.92 Å². The maximum Gasteiger partial charge on any atom is 0.0803 e. The highest BCUT2D eigenvalue weighted by Gasteiger charge is 2.06. The average Bonchev–Trinajstić information content (AvgIpc) is 1.88. The van der Waals surface area contributed by atoms with Crippen LogP contribution in [0.3, 0.4) is 0 Å². The van der Waals surface area contributed by atoms with Gasteiger partial charge in [0, 0.05) is 6.61 Å². The van der Waals surface area contributed by atoms with Crippen molar-refractivity contribution in [3.05, 3.63) is 0 Å². The molecule has 2 heteroatoms. The van der Waals surface area contributed by atoms with Crippen molar-refractivity contribution in [3.63, 3.8) is 0 Å². The zero-order chi connectivity index (χ0) is 7.98. The monoisotopic (exact) mass is 146 g/mol. The van der Waals surface area contributed by atoms with Gasteiger partial charge in [-0.25, -0.2) is 0 Å². The number of aliphatic hydroxyl groups excluding tert-OH is 1. The summed E-state index contributed by atoms with van der Waals surface area (Å²) >= 11 is 0. The van der Waals surface area contributed by atoms with Gasteiger partial charge < -0.3 is 9.84 Å². The van der Waals surface area contributed by atoms with Crippen LogP contribution in [0.15, 0.2) is 0 Å². The van der Waals surface area contributed by atoms with Crippen LogP contribution in [-0.4, -0.2) is 23.9 Å². The van der Waals surface area contributed by atoms with Crippen molar-refractivity contribution >= 4 is 0 Å². The molecule has 1 N–H and O–H groups in total. The highest BCUT2D eigenvalue weighted by molar-refractivity contribution is 4.56. The van der Waals surface area contributed by atoms with Crippen molar-refractivity contribution in [2.24, 2.45) is 0 Å². The molecule has 0 saturated heterocycles. The first kappa shape index (κ1) is 9.92. The fraction of sp³-hybridized carbons (Fsp3) is 1.00. The lowest BCUT2D eigenvalue weighted by atomic mass is 10.2. The topological polar surface area (TPSA) is 29.5 Å². The molecule has 0 radical (unpaired) electrons. The minimum absolute atomic E-state index is 0.0217. The third kappa shape index (κ3) is 4.77. The third-order valence-corrected chi connectivity index (χ3v) is 1.56. The fourth-order valence-electron chi connectivity index (χ4n) is 0.553. The van der Waals surface area contributed by atoms with Crippen LogP contribution in [0.4, 0.5) is 0 Å². The first-order chi connectivity index (χ1) is 4.68. The molecular formula is C8H18O2. The smallest absolute Gasteiger partial charge is 0.0803 e. The largest absolute Gasteiger partial charge is 0.391 e. The molecule has 2 nitrogen and oxygen atoms in total. The molecule has 0 heterocycles. The number of hydrogen-bond donors (Lipinski definition) is 1. The van der Waals surface area contributed by atoms with Gasteiger partial charge in [-0.1, -0.05) is 13.3 Å². The van der Waals surface area contributed by atoms with Gasteiger partial charge in [0.25, 0.3) is 0 Å². The number of rotatable bonds is 5. The first-order valence-corrected chi connectivity index (χ1v) is 3.98. The molecule has 0 aliphatic carbocycles. The van der Waals surface area contributed by atoms with Crippen LogP contribution in [-0.2, 0) is 4.74 Å². The molecule has 2 atom stereocenters. The van der Waals surface area contributed by atoms with Gasteiger partial charge in [-0.05, 0) is 20.3 Å². The van der Waals surface area contributed by atoms with Gasteiger partial charge in [0.2, 0.25) is 0 Å². The van der Waals surface area contributed by atoms with Gasteiger partial charge >= 0.3 is 0 Å². The van der Waals surface area contributed by atoms with Crippen molar-refractivity contribution in [2.45, 2.75) is 45.8 Å². The molecule has 0 amide bonds. The molecule has 1 unspecified atom stereocenters. The molecule has 0 bridgehead atoms. The Hall–Kier alpha value is -0.0800. The molecule has 0 aliphatic heterocycles. The molecule has 0 aromatic heterocycles. The maximum absolute atomic E-state index is 9.00. The molecule has 0 aromatic rings. The van der Waals surface area contributed by atoms with E-state index >= 15 is 0 Å². The predicted octanol–water partition coefficient (Wildman–Crippen LogP) is 1.57. The Morgan fingerprint density at radius 2 is 2.00 bits per heavy atom. The molecule has 0 saturated carbocycles. The Bertz CT molecular complexity index is 71.7. The SMILES string of the molecule is CCCCOC(C)[C@@H](C)O. The Morgan fingerprint density at radius 3 is 2.40 bits per heavy atom. The predicted molar refractivity (Wildman–Crippen MR) is 42.0 cm³/mol. The lowest BCUT2D eigenvalue weighted by Crippen LogP contribution is -2.22. The fourth-order valence-corrected chi connectivity index (χ4v) is 0.553. The van der Waals surface area contributed by atoms with Crippen molar-refractivity contribution in [1.29, 1.82) is 0 Å². The van der Waals surface area contributed by atoms with Crippen LogP contribution in [0.1, 0.15) is 33.6 Å². The normalized spacial score (nSPS) is 16.8. The Morgan fingerprint density at radius 1 is 1.40 bits per heavy atom. The number of unbranched alkanes of at least 4 members (excludes halogenated alkanes) is 1. The van der Waals surface area contributed by atoms with Gasteiger partial charge in [0.15, 0.2) is 0 Å². The summed E-state index contributed by atoms with van der Waals surface area (Å²) in [5.41, 5.74) is 0. The highest BCUT2D eigenvalue weighted by atomic mass is 16.5. The summed E-state index contributed by atoms with van der Waals surface area (Å²) in [6.45, 7) is 6.52. The van der Waals surface area contributed by atoms with Crippen LogP contribution >= 0.6 is 0 Å². The maximum atomic E-state index is 9.00. The molecule has 0 fully saturated rings. The zero-order valence-corrected chi connectivity index (χ0v) is 7.13. The summed E-state index contributed by atoms with van der Waals surface area (Å²) in [7, 11) is 0. The second-order valence-corrected chi connectivity index (χ2v) is 2.67. The Kier molecular flexibility index (Phi) is 5.64. The van der Waals surface area contributed by atoms with E-state index in [2.05, 4.69) is 6.92 Å².